The molecule has 0 aliphatic carbocycles. The van der Waals surface area contributed by atoms with E-state index in [4.69, 9.17) is 0 Å². The molecule has 0 saturated heterocycles. The highest BCUT2D eigenvalue weighted by molar-refractivity contribution is 5.81. The third-order valence-electron chi connectivity index (χ3n) is 4.64. The summed E-state index contributed by atoms with van der Waals surface area (Å²) in [5, 5.41) is 7.21. The second-order valence-electron chi connectivity index (χ2n) is 8.28. The van der Waals surface area contributed by atoms with E-state index in [1.165, 1.54) is 33.5 Å². The number of rotatable bonds is 5. The third-order valence-corrected chi connectivity index (χ3v) is 4.64. The second-order valence-corrected chi connectivity index (χ2v) is 8.28. The summed E-state index contributed by atoms with van der Waals surface area (Å²) in [5.74, 6) is -0.751. The van der Waals surface area contributed by atoms with E-state index >= 15 is 0 Å². The summed E-state index contributed by atoms with van der Waals surface area (Å²) in [7, 11) is 0. The first-order valence-electron chi connectivity index (χ1n) is 9.78. The van der Waals surface area contributed by atoms with E-state index in [0.29, 0.717) is 23.3 Å². The minimum Gasteiger partial charge on any atom is -0.350 e. The second kappa shape index (κ2) is 7.89. The smallest absolute Gasteiger partial charge is 0.332 e. The lowest BCUT2D eigenvalue weighted by Crippen LogP contribution is -2.46. The van der Waals surface area contributed by atoms with Crippen LogP contribution in [-0.2, 0) is 24.4 Å². The van der Waals surface area contributed by atoms with Crippen molar-refractivity contribution in [2.24, 2.45) is 0 Å². The van der Waals surface area contributed by atoms with Crippen LogP contribution in [0.25, 0.3) is 11.0 Å². The van der Waals surface area contributed by atoms with Crippen molar-refractivity contribution >= 4 is 16.9 Å². The molecule has 0 unspecified atom stereocenters. The minimum atomic E-state index is -0.611. The molecular weight excluding hydrogens is 389 g/mol. The lowest BCUT2D eigenvalue weighted by atomic mass is 10.1. The van der Waals surface area contributed by atoms with Crippen molar-refractivity contribution in [2.45, 2.75) is 59.8 Å². The highest BCUT2D eigenvalue weighted by Crippen LogP contribution is 2.14. The highest BCUT2D eigenvalue weighted by Gasteiger charge is 2.23. The first kappa shape index (κ1) is 21.5. The molecule has 3 rings (SSSR count). The summed E-state index contributed by atoms with van der Waals surface area (Å²) >= 11 is 0. The van der Waals surface area contributed by atoms with Gasteiger partial charge in [0, 0.05) is 12.1 Å². The summed E-state index contributed by atoms with van der Waals surface area (Å²) in [6.45, 7) is 9.24. The Morgan fingerprint density at radius 1 is 1.10 bits per heavy atom. The van der Waals surface area contributed by atoms with Gasteiger partial charge >= 0.3 is 5.69 Å². The molecular formula is C21H26FN5O3. The van der Waals surface area contributed by atoms with Gasteiger partial charge in [-0.3, -0.25) is 23.4 Å². The molecule has 2 aromatic heterocycles. The molecule has 9 heteroatoms. The van der Waals surface area contributed by atoms with E-state index < -0.39 is 22.6 Å². The van der Waals surface area contributed by atoms with Gasteiger partial charge in [-0.2, -0.15) is 5.10 Å². The number of aromatic nitrogens is 4. The van der Waals surface area contributed by atoms with E-state index in [2.05, 4.69) is 10.4 Å². The Labute approximate surface area is 172 Å². The minimum absolute atomic E-state index is 0.0390. The molecule has 0 atom stereocenters. The summed E-state index contributed by atoms with van der Waals surface area (Å²) < 4.78 is 17.1. The van der Waals surface area contributed by atoms with E-state index in [0.717, 1.165) is 4.57 Å². The van der Waals surface area contributed by atoms with Gasteiger partial charge in [0.05, 0.1) is 12.2 Å². The summed E-state index contributed by atoms with van der Waals surface area (Å²) in [6.07, 6.45) is 0. The van der Waals surface area contributed by atoms with Crippen LogP contribution < -0.4 is 16.6 Å². The number of benzene rings is 1. The SMILES string of the molecule is CCn1nc(C)c2c1c(=O)n(Cc1ccc(F)cc1)c(=O)n2CC(=O)NC(C)(C)C. The van der Waals surface area contributed by atoms with Crippen LogP contribution in [0.4, 0.5) is 4.39 Å². The number of nitrogens with zero attached hydrogens (tertiary/aromatic N) is 4. The number of hydrogen-bond acceptors (Lipinski definition) is 4. The fourth-order valence-electron chi connectivity index (χ4n) is 3.45. The first-order valence-corrected chi connectivity index (χ1v) is 9.78. The molecule has 30 heavy (non-hydrogen) atoms. The summed E-state index contributed by atoms with van der Waals surface area (Å²) in [4.78, 5) is 39.0. The molecule has 0 saturated carbocycles. The van der Waals surface area contributed by atoms with Crippen LogP contribution >= 0.6 is 0 Å². The van der Waals surface area contributed by atoms with Crippen LogP contribution in [0.3, 0.4) is 0 Å². The molecule has 0 aliphatic rings. The van der Waals surface area contributed by atoms with Crippen molar-refractivity contribution in [1.29, 1.82) is 0 Å². The Bertz CT molecular complexity index is 1210. The quantitative estimate of drug-likeness (QED) is 0.688. The number of hydrogen-bond donors (Lipinski definition) is 1. The van der Waals surface area contributed by atoms with Gasteiger partial charge in [-0.15, -0.1) is 0 Å². The molecule has 0 spiro atoms. The molecule has 8 nitrogen and oxygen atoms in total. The van der Waals surface area contributed by atoms with Gasteiger partial charge in [-0.1, -0.05) is 12.1 Å². The fraction of sp³-hybridized carbons (Fsp3) is 0.429. The molecule has 2 heterocycles. The number of nitrogens with one attached hydrogen (secondary N) is 1. The Morgan fingerprint density at radius 3 is 2.30 bits per heavy atom. The maximum atomic E-state index is 13.3. The lowest BCUT2D eigenvalue weighted by molar-refractivity contribution is -0.123. The van der Waals surface area contributed by atoms with E-state index in [1.807, 2.05) is 27.7 Å². The number of carbonyl (C=O) groups is 1. The van der Waals surface area contributed by atoms with Crippen molar-refractivity contribution < 1.29 is 9.18 Å². The van der Waals surface area contributed by atoms with Crippen LogP contribution in [0.2, 0.25) is 0 Å². The van der Waals surface area contributed by atoms with Crippen LogP contribution in [0, 0.1) is 12.7 Å². The monoisotopic (exact) mass is 415 g/mol. The van der Waals surface area contributed by atoms with E-state index in [9.17, 15) is 18.8 Å². The van der Waals surface area contributed by atoms with Crippen LogP contribution in [-0.4, -0.2) is 30.4 Å². The molecule has 160 valence electrons. The van der Waals surface area contributed by atoms with Gasteiger partial charge in [-0.05, 0) is 52.3 Å². The van der Waals surface area contributed by atoms with E-state index in [1.54, 1.807) is 6.92 Å². The number of amides is 1. The Kier molecular flexibility index (Phi) is 5.65. The van der Waals surface area contributed by atoms with Crippen molar-refractivity contribution in [3.05, 3.63) is 62.2 Å². The van der Waals surface area contributed by atoms with Gasteiger partial charge in [-0.25, -0.2) is 9.18 Å². The maximum absolute atomic E-state index is 13.3. The predicted octanol–water partition coefficient (Wildman–Crippen LogP) is 1.79. The van der Waals surface area contributed by atoms with Crippen molar-refractivity contribution in [3.63, 3.8) is 0 Å². The first-order chi connectivity index (χ1) is 14.0. The largest absolute Gasteiger partial charge is 0.350 e. The summed E-state index contributed by atoms with van der Waals surface area (Å²) in [5.41, 5.74) is 0.143. The van der Waals surface area contributed by atoms with Gasteiger partial charge in [0.25, 0.3) is 5.56 Å². The van der Waals surface area contributed by atoms with Crippen molar-refractivity contribution in [3.8, 4) is 0 Å². The zero-order valence-corrected chi connectivity index (χ0v) is 17.8. The number of carbonyl (C=O) groups excluding carboxylic acids is 1. The number of halogens is 1. The molecule has 0 radical (unpaired) electrons. The molecule has 1 aromatic carbocycles. The standard InChI is InChI=1S/C21H26FN5O3/c1-6-27-18-17(13(2)24-27)25(12-16(28)23-21(3,4)5)20(30)26(19(18)29)11-14-7-9-15(22)10-8-14/h7-10H,6,11-12H2,1-5H3,(H,23,28). The van der Waals surface area contributed by atoms with Gasteiger partial charge < -0.3 is 5.32 Å². The average molecular weight is 415 g/mol. The maximum Gasteiger partial charge on any atom is 0.332 e. The Balaban J connectivity index is 2.22. The zero-order valence-electron chi connectivity index (χ0n) is 17.8. The average Bonchev–Trinajstić information content (AvgIpc) is 2.99. The molecule has 0 bridgehead atoms. The number of fused-ring (bicyclic) bond motifs is 1. The van der Waals surface area contributed by atoms with Gasteiger partial charge in [0.2, 0.25) is 5.91 Å². The van der Waals surface area contributed by atoms with Crippen molar-refractivity contribution in [1.82, 2.24) is 24.2 Å². The highest BCUT2D eigenvalue weighted by atomic mass is 19.1. The van der Waals surface area contributed by atoms with Crippen LogP contribution in [0.15, 0.2) is 33.9 Å². The molecule has 1 amide bonds. The third kappa shape index (κ3) is 4.19. The van der Waals surface area contributed by atoms with Crippen LogP contribution in [0.5, 0.6) is 0 Å². The topological polar surface area (TPSA) is 90.9 Å². The Hall–Kier alpha value is -3.23. The number of aryl methyl sites for hydroxylation is 2. The normalized spacial score (nSPS) is 11.8. The van der Waals surface area contributed by atoms with Gasteiger partial charge in [0.15, 0.2) is 5.52 Å². The fourth-order valence-corrected chi connectivity index (χ4v) is 3.45. The van der Waals surface area contributed by atoms with Crippen molar-refractivity contribution in [2.75, 3.05) is 0 Å². The molecule has 1 N–H and O–H groups in total. The van der Waals surface area contributed by atoms with E-state index in [-0.39, 0.29) is 24.5 Å². The van der Waals surface area contributed by atoms with Crippen LogP contribution in [0.1, 0.15) is 39.0 Å². The predicted molar refractivity (Wildman–Crippen MR) is 112 cm³/mol. The lowest BCUT2D eigenvalue weighted by Gasteiger charge is -2.21. The molecule has 0 aliphatic heterocycles. The molecule has 3 aromatic rings. The molecule has 0 fully saturated rings. The van der Waals surface area contributed by atoms with Gasteiger partial charge in [0.1, 0.15) is 17.9 Å². The summed E-state index contributed by atoms with van der Waals surface area (Å²) in [6, 6.07) is 5.58. The zero-order chi connectivity index (χ0) is 22.2. The Morgan fingerprint density at radius 2 is 1.73 bits per heavy atom.